The fourth-order valence-corrected chi connectivity index (χ4v) is 4.98. The van der Waals surface area contributed by atoms with Crippen LogP contribution in [0, 0.1) is 5.92 Å². The molecule has 2 amide bonds. The van der Waals surface area contributed by atoms with E-state index in [1.165, 1.54) is 0 Å². The van der Waals surface area contributed by atoms with Gasteiger partial charge in [-0.3, -0.25) is 9.59 Å². The van der Waals surface area contributed by atoms with E-state index in [0.29, 0.717) is 12.6 Å². The van der Waals surface area contributed by atoms with Gasteiger partial charge in [-0.25, -0.2) is 0 Å². The van der Waals surface area contributed by atoms with E-state index < -0.39 is 0 Å². The van der Waals surface area contributed by atoms with E-state index in [9.17, 15) is 9.59 Å². The Morgan fingerprint density at radius 2 is 1.74 bits per heavy atom. The summed E-state index contributed by atoms with van der Waals surface area (Å²) in [6, 6.07) is 10.5. The largest absolute Gasteiger partial charge is 0.376 e. The number of amides is 2. The molecule has 3 heterocycles. The number of hydrogen-bond donors (Lipinski definition) is 1. The smallest absolute Gasteiger partial charge is 0.246 e. The van der Waals surface area contributed by atoms with Gasteiger partial charge in [-0.05, 0) is 63.3 Å². The molecule has 3 aliphatic heterocycles. The summed E-state index contributed by atoms with van der Waals surface area (Å²) in [7, 11) is 0. The molecule has 4 rings (SSSR count). The molecule has 1 N–H and O–H groups in total. The van der Waals surface area contributed by atoms with Crippen LogP contribution in [0.15, 0.2) is 36.4 Å². The summed E-state index contributed by atoms with van der Waals surface area (Å²) in [5.74, 6) is 0.423. The monoisotopic (exact) mass is 425 g/mol. The summed E-state index contributed by atoms with van der Waals surface area (Å²) in [5, 5.41) is 3.10. The Labute approximate surface area is 185 Å². The molecular formula is C25H35N3O3. The zero-order valence-corrected chi connectivity index (χ0v) is 18.4. The number of piperidine rings is 2. The molecular weight excluding hydrogens is 390 g/mol. The third kappa shape index (κ3) is 6.17. The van der Waals surface area contributed by atoms with Crippen LogP contribution < -0.4 is 5.32 Å². The molecule has 3 aliphatic rings. The highest BCUT2D eigenvalue weighted by molar-refractivity contribution is 5.91. The van der Waals surface area contributed by atoms with Gasteiger partial charge in [0.1, 0.15) is 0 Å². The van der Waals surface area contributed by atoms with Crippen LogP contribution in [0.25, 0.3) is 6.08 Å². The Hall–Kier alpha value is -2.18. The Bertz CT molecular complexity index is 745. The molecule has 0 aliphatic carbocycles. The highest BCUT2D eigenvalue weighted by atomic mass is 16.5. The predicted molar refractivity (Wildman–Crippen MR) is 121 cm³/mol. The number of likely N-dealkylation sites (tertiary alicyclic amines) is 2. The van der Waals surface area contributed by atoms with Gasteiger partial charge in [-0.1, -0.05) is 30.3 Å². The van der Waals surface area contributed by atoms with Gasteiger partial charge in [0.2, 0.25) is 11.8 Å². The number of nitrogens with zero attached hydrogens (tertiary/aromatic N) is 2. The van der Waals surface area contributed by atoms with Crippen LogP contribution in [0.4, 0.5) is 0 Å². The first kappa shape index (κ1) is 22.0. The number of carbonyl (C=O) groups is 2. The lowest BCUT2D eigenvalue weighted by Crippen LogP contribution is -2.50. The number of benzene rings is 1. The normalized spacial score (nSPS) is 24.0. The molecule has 0 spiro atoms. The van der Waals surface area contributed by atoms with E-state index in [1.54, 1.807) is 6.08 Å². The topological polar surface area (TPSA) is 61.9 Å². The first-order chi connectivity index (χ1) is 15.2. The summed E-state index contributed by atoms with van der Waals surface area (Å²) >= 11 is 0. The molecule has 0 unspecified atom stereocenters. The fraction of sp³-hybridized carbons (Fsp3) is 0.600. The predicted octanol–water partition coefficient (Wildman–Crippen LogP) is 2.70. The Morgan fingerprint density at radius 3 is 2.42 bits per heavy atom. The standard InChI is InChI=1S/C25H35N3O3/c29-24(9-8-20-5-2-1-3-6-20)28-16-12-22(13-17-28)27-14-10-21(11-15-27)25(30)26-19-23-7-4-18-31-23/h1-3,5-6,8-9,21-23H,4,7,10-19H2,(H,26,30)/b9-8+/t23-/m1/s1. The first-order valence-electron chi connectivity index (χ1n) is 11.8. The van der Waals surface area contributed by atoms with E-state index in [1.807, 2.05) is 41.3 Å². The van der Waals surface area contributed by atoms with Crippen molar-refractivity contribution in [2.24, 2.45) is 5.92 Å². The van der Waals surface area contributed by atoms with Gasteiger partial charge in [0, 0.05) is 44.3 Å². The molecule has 6 heteroatoms. The van der Waals surface area contributed by atoms with Gasteiger partial charge < -0.3 is 19.9 Å². The Morgan fingerprint density at radius 1 is 1.00 bits per heavy atom. The zero-order valence-electron chi connectivity index (χ0n) is 18.4. The van der Waals surface area contributed by atoms with Crippen LogP contribution in [-0.4, -0.2) is 73.1 Å². The molecule has 3 saturated heterocycles. The second-order valence-corrected chi connectivity index (χ2v) is 8.99. The van der Waals surface area contributed by atoms with Crippen molar-refractivity contribution in [1.29, 1.82) is 0 Å². The van der Waals surface area contributed by atoms with Crippen molar-refractivity contribution in [2.45, 2.75) is 50.7 Å². The minimum absolute atomic E-state index is 0.101. The van der Waals surface area contributed by atoms with Crippen LogP contribution in [0.5, 0.6) is 0 Å². The molecule has 3 fully saturated rings. The number of hydrogen-bond acceptors (Lipinski definition) is 4. The molecule has 0 bridgehead atoms. The van der Waals surface area contributed by atoms with Crippen LogP contribution in [-0.2, 0) is 14.3 Å². The van der Waals surface area contributed by atoms with E-state index in [-0.39, 0.29) is 23.8 Å². The molecule has 0 radical (unpaired) electrons. The zero-order chi connectivity index (χ0) is 21.5. The third-order valence-electron chi connectivity index (χ3n) is 6.94. The molecule has 0 aromatic heterocycles. The van der Waals surface area contributed by atoms with Crippen molar-refractivity contribution >= 4 is 17.9 Å². The summed E-state index contributed by atoms with van der Waals surface area (Å²) in [4.78, 5) is 29.5. The van der Waals surface area contributed by atoms with Crippen molar-refractivity contribution in [1.82, 2.24) is 15.1 Å². The van der Waals surface area contributed by atoms with Gasteiger partial charge in [-0.15, -0.1) is 0 Å². The maximum absolute atomic E-state index is 12.5. The maximum atomic E-state index is 12.5. The Balaban J connectivity index is 1.16. The minimum Gasteiger partial charge on any atom is -0.376 e. The van der Waals surface area contributed by atoms with Gasteiger partial charge in [-0.2, -0.15) is 0 Å². The molecule has 0 saturated carbocycles. The van der Waals surface area contributed by atoms with Crippen molar-refractivity contribution in [2.75, 3.05) is 39.3 Å². The molecule has 168 valence electrons. The van der Waals surface area contributed by atoms with Crippen LogP contribution in [0.3, 0.4) is 0 Å². The van der Waals surface area contributed by atoms with Gasteiger partial charge in [0.25, 0.3) is 0 Å². The molecule has 1 aromatic carbocycles. The second-order valence-electron chi connectivity index (χ2n) is 8.99. The SMILES string of the molecule is O=C(NC[C@H]1CCCO1)C1CCN(C2CCN(C(=O)/C=C/c3ccccc3)CC2)CC1. The summed E-state index contributed by atoms with van der Waals surface area (Å²) < 4.78 is 5.60. The maximum Gasteiger partial charge on any atom is 0.246 e. The highest BCUT2D eigenvalue weighted by Crippen LogP contribution is 2.24. The van der Waals surface area contributed by atoms with Crippen molar-refractivity contribution < 1.29 is 14.3 Å². The first-order valence-corrected chi connectivity index (χ1v) is 11.8. The molecule has 1 atom stereocenters. The van der Waals surface area contributed by atoms with Crippen LogP contribution >= 0.6 is 0 Å². The number of rotatable bonds is 6. The van der Waals surface area contributed by atoms with E-state index in [2.05, 4.69) is 10.2 Å². The lowest BCUT2D eigenvalue weighted by molar-refractivity contribution is -0.129. The third-order valence-corrected chi connectivity index (χ3v) is 6.94. The minimum atomic E-state index is 0.101. The van der Waals surface area contributed by atoms with Crippen LogP contribution in [0.1, 0.15) is 44.1 Å². The van der Waals surface area contributed by atoms with Crippen molar-refractivity contribution in [3.63, 3.8) is 0 Å². The summed E-state index contributed by atoms with van der Waals surface area (Å²) in [5.41, 5.74) is 1.05. The number of ether oxygens (including phenoxy) is 1. The van der Waals surface area contributed by atoms with Gasteiger partial charge in [0.05, 0.1) is 6.10 Å². The summed E-state index contributed by atoms with van der Waals surface area (Å²) in [6.45, 7) is 5.06. The van der Waals surface area contributed by atoms with Gasteiger partial charge in [0.15, 0.2) is 0 Å². The highest BCUT2D eigenvalue weighted by Gasteiger charge is 2.31. The fourth-order valence-electron chi connectivity index (χ4n) is 4.98. The summed E-state index contributed by atoms with van der Waals surface area (Å²) in [6.07, 6.45) is 9.84. The van der Waals surface area contributed by atoms with E-state index in [4.69, 9.17) is 4.74 Å². The number of nitrogens with one attached hydrogen (secondary N) is 1. The molecule has 6 nitrogen and oxygen atoms in total. The van der Waals surface area contributed by atoms with Crippen molar-refractivity contribution in [3.05, 3.63) is 42.0 Å². The quantitative estimate of drug-likeness (QED) is 0.712. The van der Waals surface area contributed by atoms with Crippen LogP contribution in [0.2, 0.25) is 0 Å². The molecule has 31 heavy (non-hydrogen) atoms. The number of carbonyl (C=O) groups excluding carboxylic acids is 2. The van der Waals surface area contributed by atoms with Gasteiger partial charge >= 0.3 is 0 Å². The van der Waals surface area contributed by atoms with E-state index >= 15 is 0 Å². The average molecular weight is 426 g/mol. The lowest BCUT2D eigenvalue weighted by atomic mass is 9.92. The van der Waals surface area contributed by atoms with Crippen molar-refractivity contribution in [3.8, 4) is 0 Å². The average Bonchev–Trinajstić information content (AvgIpc) is 3.36. The lowest BCUT2D eigenvalue weighted by Gasteiger charge is -2.41. The second kappa shape index (κ2) is 10.9. The van der Waals surface area contributed by atoms with E-state index in [0.717, 1.165) is 76.9 Å². The molecule has 1 aromatic rings. The Kier molecular flexibility index (Phi) is 7.76.